The molecule has 6 nitrogen and oxygen atoms in total. The summed E-state index contributed by atoms with van der Waals surface area (Å²) in [6.45, 7) is 3.65. The smallest absolute Gasteiger partial charge is 0.258 e. The highest BCUT2D eigenvalue weighted by Gasteiger charge is 2.23. The third-order valence-electron chi connectivity index (χ3n) is 4.84. The Hall–Kier alpha value is -3.02. The molecular formula is C23H30N4O2. The Labute approximate surface area is 172 Å². The number of aliphatic imine (C=N–C) groups is 1. The molecule has 1 amide bonds. The van der Waals surface area contributed by atoms with Crippen LogP contribution in [0.3, 0.4) is 0 Å². The molecule has 1 aliphatic rings. The van der Waals surface area contributed by atoms with E-state index in [2.05, 4.69) is 52.1 Å². The average Bonchev–Trinajstić information content (AvgIpc) is 3.57. The van der Waals surface area contributed by atoms with Gasteiger partial charge in [0.2, 0.25) is 0 Å². The fraction of sp³-hybridized carbons (Fsp3) is 0.391. The van der Waals surface area contributed by atoms with Gasteiger partial charge in [-0.3, -0.25) is 9.79 Å². The van der Waals surface area contributed by atoms with Crippen molar-refractivity contribution in [2.75, 3.05) is 20.2 Å². The second-order valence-electron chi connectivity index (χ2n) is 7.40. The van der Waals surface area contributed by atoms with Crippen molar-refractivity contribution in [1.82, 2.24) is 16.0 Å². The number of guanidine groups is 1. The highest BCUT2D eigenvalue weighted by molar-refractivity contribution is 5.79. The van der Waals surface area contributed by atoms with Gasteiger partial charge in [-0.1, -0.05) is 49.4 Å². The summed E-state index contributed by atoms with van der Waals surface area (Å²) in [5, 5.41) is 9.62. The molecule has 3 N–H and O–H groups in total. The number of carbonyl (C=O) groups excluding carboxylic acids is 1. The van der Waals surface area contributed by atoms with Gasteiger partial charge in [-0.15, -0.1) is 0 Å². The van der Waals surface area contributed by atoms with Crippen molar-refractivity contribution >= 4 is 11.9 Å². The molecule has 0 aliphatic heterocycles. The van der Waals surface area contributed by atoms with Crippen LogP contribution in [0.5, 0.6) is 5.75 Å². The zero-order chi connectivity index (χ0) is 20.5. The van der Waals surface area contributed by atoms with Gasteiger partial charge in [0.1, 0.15) is 5.75 Å². The Bertz CT molecular complexity index is 819. The SMILES string of the molecule is CN=C(NCc1cccc(OCC(=O)NC2CC2)c1)NCC(C)c1ccccc1. The molecule has 0 spiro atoms. The normalized spacial score (nSPS) is 14.8. The van der Waals surface area contributed by atoms with E-state index in [1.807, 2.05) is 30.3 Å². The first kappa shape index (κ1) is 20.7. The number of ether oxygens (including phenoxy) is 1. The van der Waals surface area contributed by atoms with E-state index < -0.39 is 0 Å². The minimum atomic E-state index is -0.0619. The summed E-state index contributed by atoms with van der Waals surface area (Å²) in [6, 6.07) is 18.5. The van der Waals surface area contributed by atoms with E-state index >= 15 is 0 Å². The monoisotopic (exact) mass is 394 g/mol. The van der Waals surface area contributed by atoms with E-state index in [4.69, 9.17) is 4.74 Å². The predicted molar refractivity (Wildman–Crippen MR) is 116 cm³/mol. The molecule has 1 atom stereocenters. The highest BCUT2D eigenvalue weighted by Crippen LogP contribution is 2.18. The van der Waals surface area contributed by atoms with Crippen LogP contribution in [-0.2, 0) is 11.3 Å². The molecule has 0 saturated heterocycles. The van der Waals surface area contributed by atoms with Crippen LogP contribution in [0.1, 0.15) is 36.8 Å². The van der Waals surface area contributed by atoms with Gasteiger partial charge >= 0.3 is 0 Å². The third kappa shape index (κ3) is 7.14. The van der Waals surface area contributed by atoms with Gasteiger partial charge in [0, 0.05) is 26.2 Å². The summed E-state index contributed by atoms with van der Waals surface area (Å²) in [5.74, 6) is 1.76. The van der Waals surface area contributed by atoms with Crippen LogP contribution in [0.2, 0.25) is 0 Å². The Kier molecular flexibility index (Phi) is 7.50. The van der Waals surface area contributed by atoms with Crippen LogP contribution >= 0.6 is 0 Å². The van der Waals surface area contributed by atoms with Crippen molar-refractivity contribution in [3.8, 4) is 5.75 Å². The minimum Gasteiger partial charge on any atom is -0.484 e. The molecule has 29 heavy (non-hydrogen) atoms. The zero-order valence-corrected chi connectivity index (χ0v) is 17.2. The molecule has 1 unspecified atom stereocenters. The quantitative estimate of drug-likeness (QED) is 0.452. The first-order chi connectivity index (χ1) is 14.1. The maximum Gasteiger partial charge on any atom is 0.258 e. The lowest BCUT2D eigenvalue weighted by molar-refractivity contribution is -0.123. The van der Waals surface area contributed by atoms with Gasteiger partial charge < -0.3 is 20.7 Å². The topological polar surface area (TPSA) is 74.8 Å². The van der Waals surface area contributed by atoms with E-state index in [1.54, 1.807) is 7.05 Å². The Balaban J connectivity index is 1.43. The maximum atomic E-state index is 11.8. The molecule has 154 valence electrons. The predicted octanol–water partition coefficient (Wildman–Crippen LogP) is 2.81. The van der Waals surface area contributed by atoms with Crippen molar-refractivity contribution in [3.05, 3.63) is 65.7 Å². The van der Waals surface area contributed by atoms with E-state index in [-0.39, 0.29) is 12.5 Å². The lowest BCUT2D eigenvalue weighted by atomic mass is 10.0. The molecule has 2 aromatic carbocycles. The molecule has 0 aromatic heterocycles. The van der Waals surface area contributed by atoms with Gasteiger partial charge in [0.05, 0.1) is 0 Å². The van der Waals surface area contributed by atoms with E-state index in [0.29, 0.717) is 24.3 Å². The lowest BCUT2D eigenvalue weighted by Crippen LogP contribution is -2.38. The fourth-order valence-electron chi connectivity index (χ4n) is 2.95. The van der Waals surface area contributed by atoms with Gasteiger partial charge in [-0.05, 0) is 42.0 Å². The van der Waals surface area contributed by atoms with E-state index in [9.17, 15) is 4.79 Å². The Morgan fingerprint density at radius 3 is 2.66 bits per heavy atom. The summed E-state index contributed by atoms with van der Waals surface area (Å²) >= 11 is 0. The maximum absolute atomic E-state index is 11.8. The molecule has 1 saturated carbocycles. The first-order valence-corrected chi connectivity index (χ1v) is 10.1. The van der Waals surface area contributed by atoms with Gasteiger partial charge in [-0.2, -0.15) is 0 Å². The van der Waals surface area contributed by atoms with Crippen molar-refractivity contribution in [1.29, 1.82) is 0 Å². The van der Waals surface area contributed by atoms with Crippen LogP contribution in [0.4, 0.5) is 0 Å². The standard InChI is InChI=1S/C23H30N4O2/c1-17(19-8-4-3-5-9-19)14-25-23(24-2)26-15-18-7-6-10-21(13-18)29-16-22(28)27-20-11-12-20/h3-10,13,17,20H,11-12,14-16H2,1-2H3,(H,27,28)(H2,24,25,26). The van der Waals surface area contributed by atoms with Gasteiger partial charge in [0.15, 0.2) is 12.6 Å². The van der Waals surface area contributed by atoms with E-state index in [0.717, 1.165) is 30.9 Å². The number of nitrogens with one attached hydrogen (secondary N) is 3. The summed E-state index contributed by atoms with van der Waals surface area (Å²) < 4.78 is 5.61. The number of amides is 1. The number of benzene rings is 2. The molecule has 1 aliphatic carbocycles. The first-order valence-electron chi connectivity index (χ1n) is 10.1. The van der Waals surface area contributed by atoms with Crippen molar-refractivity contribution in [2.24, 2.45) is 4.99 Å². The Morgan fingerprint density at radius 1 is 1.14 bits per heavy atom. The van der Waals surface area contributed by atoms with E-state index in [1.165, 1.54) is 5.56 Å². The van der Waals surface area contributed by atoms with Crippen molar-refractivity contribution in [2.45, 2.75) is 38.3 Å². The zero-order valence-electron chi connectivity index (χ0n) is 17.2. The molecule has 0 radical (unpaired) electrons. The minimum absolute atomic E-state index is 0.0496. The second kappa shape index (κ2) is 10.5. The van der Waals surface area contributed by atoms with Gasteiger partial charge in [-0.25, -0.2) is 0 Å². The summed E-state index contributed by atoms with van der Waals surface area (Å²) in [7, 11) is 1.76. The average molecular weight is 395 g/mol. The molecular weight excluding hydrogens is 364 g/mol. The number of hydrogen-bond donors (Lipinski definition) is 3. The molecule has 0 heterocycles. The van der Waals surface area contributed by atoms with Crippen molar-refractivity contribution < 1.29 is 9.53 Å². The highest BCUT2D eigenvalue weighted by atomic mass is 16.5. The van der Waals surface area contributed by atoms with Crippen LogP contribution in [0, 0.1) is 0 Å². The number of hydrogen-bond acceptors (Lipinski definition) is 3. The van der Waals surface area contributed by atoms with Gasteiger partial charge in [0.25, 0.3) is 5.91 Å². The Morgan fingerprint density at radius 2 is 1.93 bits per heavy atom. The van der Waals surface area contributed by atoms with Crippen LogP contribution in [0.15, 0.2) is 59.6 Å². The van der Waals surface area contributed by atoms with Crippen molar-refractivity contribution in [3.63, 3.8) is 0 Å². The summed E-state index contributed by atoms with van der Waals surface area (Å²) in [4.78, 5) is 16.1. The van der Waals surface area contributed by atoms with Crippen LogP contribution in [0.25, 0.3) is 0 Å². The number of nitrogens with zero attached hydrogens (tertiary/aromatic N) is 1. The lowest BCUT2D eigenvalue weighted by Gasteiger charge is -2.16. The van der Waals surface area contributed by atoms with Crippen LogP contribution in [-0.4, -0.2) is 38.1 Å². The molecule has 0 bridgehead atoms. The number of carbonyl (C=O) groups is 1. The third-order valence-corrected chi connectivity index (χ3v) is 4.84. The summed E-state index contributed by atoms with van der Waals surface area (Å²) in [6.07, 6.45) is 2.15. The molecule has 1 fully saturated rings. The fourth-order valence-corrected chi connectivity index (χ4v) is 2.95. The van der Waals surface area contributed by atoms with Crippen LogP contribution < -0.4 is 20.7 Å². The molecule has 6 heteroatoms. The second-order valence-corrected chi connectivity index (χ2v) is 7.40. The molecule has 3 rings (SSSR count). The molecule has 2 aromatic rings. The largest absolute Gasteiger partial charge is 0.484 e. The number of rotatable bonds is 9. The summed E-state index contributed by atoms with van der Waals surface area (Å²) in [5.41, 5.74) is 2.36.